The summed E-state index contributed by atoms with van der Waals surface area (Å²) in [7, 11) is 1.82. The third-order valence-corrected chi connectivity index (χ3v) is 2.57. The van der Waals surface area contributed by atoms with Gasteiger partial charge in [0.1, 0.15) is 12.0 Å². The number of rotatable bonds is 3. The van der Waals surface area contributed by atoms with Crippen LogP contribution in [-0.2, 0) is 7.05 Å². The summed E-state index contributed by atoms with van der Waals surface area (Å²) in [5, 5.41) is 14.8. The van der Waals surface area contributed by atoms with Crippen LogP contribution in [0.25, 0.3) is 22.6 Å². The summed E-state index contributed by atoms with van der Waals surface area (Å²) in [4.78, 5) is 13.0. The highest BCUT2D eigenvalue weighted by molar-refractivity contribution is 5.88. The molecule has 0 spiro atoms. The highest BCUT2D eigenvalue weighted by atomic mass is 15.3. The molecule has 3 heterocycles. The first-order valence-electron chi connectivity index (χ1n) is 5.59. The summed E-state index contributed by atoms with van der Waals surface area (Å²) >= 11 is 0. The van der Waals surface area contributed by atoms with Crippen LogP contribution in [0.3, 0.4) is 0 Å². The smallest absolute Gasteiger partial charge is 0.225 e. The van der Waals surface area contributed by atoms with E-state index in [4.69, 9.17) is 0 Å². The molecular formula is C10H12N8. The van der Waals surface area contributed by atoms with Gasteiger partial charge in [0.15, 0.2) is 11.5 Å². The molecule has 0 radical (unpaired) electrons. The zero-order valence-electron chi connectivity index (χ0n) is 10.0. The molecule has 0 amide bonds. The van der Waals surface area contributed by atoms with E-state index in [1.165, 1.54) is 6.33 Å². The Kier molecular flexibility index (Phi) is 2.40. The molecule has 3 aromatic heterocycles. The van der Waals surface area contributed by atoms with Gasteiger partial charge in [-0.25, -0.2) is 14.6 Å². The molecule has 0 aliphatic rings. The minimum absolute atomic E-state index is 0.548. The van der Waals surface area contributed by atoms with Crippen LogP contribution in [0.4, 0.5) is 5.95 Å². The van der Waals surface area contributed by atoms with E-state index in [0.29, 0.717) is 23.1 Å². The average Bonchev–Trinajstić information content (AvgIpc) is 2.97. The number of hydrogen-bond acceptors (Lipinski definition) is 6. The number of fused-ring (bicyclic) bond motifs is 1. The van der Waals surface area contributed by atoms with Crippen LogP contribution in [0, 0.1) is 0 Å². The van der Waals surface area contributed by atoms with Gasteiger partial charge in [0.2, 0.25) is 5.95 Å². The number of aromatic amines is 1. The molecule has 0 aliphatic heterocycles. The summed E-state index contributed by atoms with van der Waals surface area (Å²) in [5.41, 5.74) is 1.39. The minimum Gasteiger partial charge on any atom is -0.354 e. The van der Waals surface area contributed by atoms with Crippen LogP contribution >= 0.6 is 0 Å². The Morgan fingerprint density at radius 2 is 2.28 bits per heavy atom. The molecule has 0 aliphatic carbocycles. The molecule has 0 unspecified atom stereocenters. The standard InChI is InChI=1S/C10H12N8/c1-3-11-10-15-7(9-12-5-14-18(9)2)6-4-13-17-8(6)16-10/h4-5H,3H2,1-2H3,(H2,11,13,15,16,17). The monoisotopic (exact) mass is 244 g/mol. The van der Waals surface area contributed by atoms with Gasteiger partial charge < -0.3 is 5.32 Å². The Morgan fingerprint density at radius 1 is 1.39 bits per heavy atom. The largest absolute Gasteiger partial charge is 0.354 e. The number of nitrogens with one attached hydrogen (secondary N) is 2. The van der Waals surface area contributed by atoms with E-state index in [0.717, 1.165) is 11.9 Å². The third-order valence-electron chi connectivity index (χ3n) is 2.57. The van der Waals surface area contributed by atoms with Crippen molar-refractivity contribution < 1.29 is 0 Å². The second kappa shape index (κ2) is 4.06. The summed E-state index contributed by atoms with van der Waals surface area (Å²) in [5.74, 6) is 1.23. The molecule has 3 aromatic rings. The fraction of sp³-hybridized carbons (Fsp3) is 0.300. The molecule has 0 saturated heterocycles. The molecule has 18 heavy (non-hydrogen) atoms. The summed E-state index contributed by atoms with van der Waals surface area (Å²) in [6.45, 7) is 2.74. The molecule has 0 fully saturated rings. The van der Waals surface area contributed by atoms with Crippen molar-refractivity contribution in [3.8, 4) is 11.5 Å². The molecule has 0 saturated carbocycles. The highest BCUT2D eigenvalue weighted by Crippen LogP contribution is 2.23. The predicted octanol–water partition coefficient (Wildman–Crippen LogP) is 0.580. The van der Waals surface area contributed by atoms with Crippen molar-refractivity contribution in [2.45, 2.75) is 6.92 Å². The Bertz CT molecular complexity index is 682. The van der Waals surface area contributed by atoms with Crippen LogP contribution in [0.1, 0.15) is 6.92 Å². The zero-order valence-corrected chi connectivity index (χ0v) is 10.0. The topological polar surface area (TPSA) is 97.2 Å². The van der Waals surface area contributed by atoms with E-state index in [1.807, 2.05) is 14.0 Å². The van der Waals surface area contributed by atoms with Crippen molar-refractivity contribution >= 4 is 17.0 Å². The van der Waals surface area contributed by atoms with Crippen molar-refractivity contribution in [3.05, 3.63) is 12.5 Å². The lowest BCUT2D eigenvalue weighted by molar-refractivity contribution is 0.772. The molecule has 0 atom stereocenters. The number of nitrogens with zero attached hydrogens (tertiary/aromatic N) is 6. The molecule has 8 heteroatoms. The van der Waals surface area contributed by atoms with Gasteiger partial charge in [0.05, 0.1) is 11.6 Å². The maximum absolute atomic E-state index is 4.46. The van der Waals surface area contributed by atoms with Crippen molar-refractivity contribution in [2.75, 3.05) is 11.9 Å². The summed E-state index contributed by atoms with van der Waals surface area (Å²) in [6, 6.07) is 0. The zero-order chi connectivity index (χ0) is 12.5. The van der Waals surface area contributed by atoms with Crippen LogP contribution in [0.5, 0.6) is 0 Å². The van der Waals surface area contributed by atoms with Gasteiger partial charge in [-0.2, -0.15) is 15.2 Å². The first kappa shape index (κ1) is 10.6. The van der Waals surface area contributed by atoms with E-state index in [2.05, 4.69) is 35.6 Å². The van der Waals surface area contributed by atoms with E-state index < -0.39 is 0 Å². The lowest BCUT2D eigenvalue weighted by Gasteiger charge is -2.05. The number of aromatic nitrogens is 7. The Labute approximate surface area is 102 Å². The van der Waals surface area contributed by atoms with Gasteiger partial charge in [-0.15, -0.1) is 0 Å². The Balaban J connectivity index is 2.26. The molecule has 2 N–H and O–H groups in total. The van der Waals surface area contributed by atoms with Gasteiger partial charge in [0.25, 0.3) is 0 Å². The lowest BCUT2D eigenvalue weighted by atomic mass is 10.3. The predicted molar refractivity (Wildman–Crippen MR) is 65.8 cm³/mol. The van der Waals surface area contributed by atoms with Crippen LogP contribution < -0.4 is 5.32 Å². The second-order valence-corrected chi connectivity index (χ2v) is 3.77. The number of H-pyrrole nitrogens is 1. The maximum Gasteiger partial charge on any atom is 0.225 e. The van der Waals surface area contributed by atoms with E-state index in [1.54, 1.807) is 10.9 Å². The molecule has 3 rings (SSSR count). The molecule has 92 valence electrons. The van der Waals surface area contributed by atoms with Crippen LogP contribution in [-0.4, -0.2) is 41.5 Å². The van der Waals surface area contributed by atoms with Crippen molar-refractivity contribution in [2.24, 2.45) is 7.05 Å². The molecular weight excluding hydrogens is 232 g/mol. The van der Waals surface area contributed by atoms with Gasteiger partial charge >= 0.3 is 0 Å². The van der Waals surface area contributed by atoms with E-state index in [9.17, 15) is 0 Å². The second-order valence-electron chi connectivity index (χ2n) is 3.77. The number of anilines is 1. The van der Waals surface area contributed by atoms with Crippen LogP contribution in [0.15, 0.2) is 12.5 Å². The van der Waals surface area contributed by atoms with Crippen LogP contribution in [0.2, 0.25) is 0 Å². The fourth-order valence-corrected chi connectivity index (χ4v) is 1.75. The molecule has 0 aromatic carbocycles. The highest BCUT2D eigenvalue weighted by Gasteiger charge is 2.14. The lowest BCUT2D eigenvalue weighted by Crippen LogP contribution is -2.05. The van der Waals surface area contributed by atoms with Gasteiger partial charge in [-0.1, -0.05) is 0 Å². The van der Waals surface area contributed by atoms with Crippen molar-refractivity contribution in [3.63, 3.8) is 0 Å². The molecule has 8 nitrogen and oxygen atoms in total. The first-order valence-corrected chi connectivity index (χ1v) is 5.59. The normalized spacial score (nSPS) is 11.0. The third kappa shape index (κ3) is 1.58. The first-order chi connectivity index (χ1) is 8.79. The SMILES string of the molecule is CCNc1nc(-c2ncnn2C)c2cn[nH]c2n1. The van der Waals surface area contributed by atoms with Gasteiger partial charge in [-0.3, -0.25) is 5.10 Å². The summed E-state index contributed by atoms with van der Waals surface area (Å²) < 4.78 is 1.67. The van der Waals surface area contributed by atoms with E-state index in [-0.39, 0.29) is 0 Å². The number of aryl methyl sites for hydroxylation is 1. The Hall–Kier alpha value is -2.51. The number of hydrogen-bond donors (Lipinski definition) is 2. The van der Waals surface area contributed by atoms with Crippen molar-refractivity contribution in [1.29, 1.82) is 0 Å². The fourth-order valence-electron chi connectivity index (χ4n) is 1.75. The summed E-state index contributed by atoms with van der Waals surface area (Å²) in [6.07, 6.45) is 3.19. The average molecular weight is 244 g/mol. The Morgan fingerprint density at radius 3 is 3.00 bits per heavy atom. The van der Waals surface area contributed by atoms with E-state index >= 15 is 0 Å². The molecule has 0 bridgehead atoms. The quantitative estimate of drug-likeness (QED) is 0.699. The van der Waals surface area contributed by atoms with Gasteiger partial charge in [0, 0.05) is 13.6 Å². The maximum atomic E-state index is 4.46. The van der Waals surface area contributed by atoms with Gasteiger partial charge in [-0.05, 0) is 6.92 Å². The minimum atomic E-state index is 0.548. The van der Waals surface area contributed by atoms with Crippen molar-refractivity contribution in [1.82, 2.24) is 34.9 Å².